The first-order valence-electron chi connectivity index (χ1n) is 12.3. The Labute approximate surface area is 180 Å². The highest BCUT2D eigenvalue weighted by Gasteiger charge is 2.31. The van der Waals surface area contributed by atoms with Crippen LogP contribution in [-0.2, 0) is 0 Å². The van der Waals surface area contributed by atoms with Gasteiger partial charge in [-0.05, 0) is 74.3 Å². The Hall–Kier alpha value is -1.19. The Morgan fingerprint density at radius 3 is 1.97 bits per heavy atom. The van der Waals surface area contributed by atoms with Crippen LogP contribution in [0.15, 0.2) is 12.1 Å². The van der Waals surface area contributed by atoms with Crippen molar-refractivity contribution in [3.05, 3.63) is 29.6 Å². The Balaban J connectivity index is 1.32. The molecular formula is C26H39F3O. The maximum absolute atomic E-state index is 13.7. The first-order chi connectivity index (χ1) is 14.6. The van der Waals surface area contributed by atoms with E-state index in [1.807, 2.05) is 0 Å². The maximum atomic E-state index is 13.7. The van der Waals surface area contributed by atoms with Crippen LogP contribution in [0.4, 0.5) is 13.2 Å². The van der Waals surface area contributed by atoms with Gasteiger partial charge < -0.3 is 4.74 Å². The lowest BCUT2D eigenvalue weighted by atomic mass is 9.69. The highest BCUT2D eigenvalue weighted by Crippen LogP contribution is 2.42. The largest absolute Gasteiger partial charge is 0.490 e. The molecule has 4 heteroatoms. The molecule has 0 amide bonds. The summed E-state index contributed by atoms with van der Waals surface area (Å²) in [6.45, 7) is 2.66. The van der Waals surface area contributed by atoms with Gasteiger partial charge in [0.05, 0.1) is 6.61 Å². The highest BCUT2D eigenvalue weighted by atomic mass is 19.2. The molecule has 0 atom stereocenters. The minimum absolute atomic E-state index is 0.177. The molecule has 0 spiro atoms. The highest BCUT2D eigenvalue weighted by molar-refractivity contribution is 5.26. The normalized spacial score (nSPS) is 27.2. The van der Waals surface area contributed by atoms with Gasteiger partial charge in [0.1, 0.15) is 0 Å². The van der Waals surface area contributed by atoms with Crippen LogP contribution in [0.25, 0.3) is 0 Å². The number of halogens is 3. The summed E-state index contributed by atoms with van der Waals surface area (Å²) in [6, 6.07) is 2.10. The molecule has 1 aromatic carbocycles. The van der Waals surface area contributed by atoms with Crippen LogP contribution in [0.3, 0.4) is 0 Å². The fraction of sp³-hybridized carbons (Fsp3) is 0.769. The van der Waals surface area contributed by atoms with Crippen LogP contribution in [0.1, 0.15) is 96.8 Å². The first-order valence-corrected chi connectivity index (χ1v) is 12.3. The van der Waals surface area contributed by atoms with Gasteiger partial charge in [0.2, 0.25) is 5.82 Å². The van der Waals surface area contributed by atoms with Gasteiger partial charge in [-0.25, -0.2) is 8.78 Å². The van der Waals surface area contributed by atoms with E-state index in [0.717, 1.165) is 36.7 Å². The molecule has 1 aromatic rings. The molecule has 0 heterocycles. The summed E-state index contributed by atoms with van der Waals surface area (Å²) < 4.78 is 45.6. The molecule has 2 saturated carbocycles. The second-order valence-electron chi connectivity index (χ2n) is 9.75. The topological polar surface area (TPSA) is 9.23 Å². The second kappa shape index (κ2) is 12.0. The SMILES string of the molecule is CCCCCCC[C@H]1CC[C@H]([C@H]2CC[C@H](COc3ccc(F)c(F)c3F)CC2)CC1. The Morgan fingerprint density at radius 2 is 1.33 bits per heavy atom. The van der Waals surface area contributed by atoms with E-state index in [9.17, 15) is 13.2 Å². The van der Waals surface area contributed by atoms with Gasteiger partial charge in [-0.3, -0.25) is 0 Å². The van der Waals surface area contributed by atoms with Crippen molar-refractivity contribution in [2.75, 3.05) is 6.61 Å². The molecule has 0 unspecified atom stereocenters. The molecule has 3 rings (SSSR count). The van der Waals surface area contributed by atoms with Crippen LogP contribution >= 0.6 is 0 Å². The Kier molecular flexibility index (Phi) is 9.39. The lowest BCUT2D eigenvalue weighted by Gasteiger charge is -2.38. The summed E-state index contributed by atoms with van der Waals surface area (Å²) in [5.41, 5.74) is 0. The van der Waals surface area contributed by atoms with Gasteiger partial charge >= 0.3 is 0 Å². The molecule has 2 fully saturated rings. The standard InChI is InChI=1S/C26H39F3O/c1-2-3-4-5-6-7-19-8-12-21(13-9-19)22-14-10-20(11-15-22)18-30-24-17-16-23(27)25(28)26(24)29/h16-17,19-22H,2-15,18H2,1H3/t19-,20-,21-,22-. The molecule has 0 radical (unpaired) electrons. The van der Waals surface area contributed by atoms with Crippen molar-refractivity contribution in [1.82, 2.24) is 0 Å². The molecule has 0 aliphatic heterocycles. The number of unbranched alkanes of at least 4 members (excludes halogenated alkanes) is 4. The Morgan fingerprint density at radius 1 is 0.733 bits per heavy atom. The molecule has 0 N–H and O–H groups in total. The number of hydrogen-bond donors (Lipinski definition) is 0. The van der Waals surface area contributed by atoms with Crippen molar-refractivity contribution in [2.24, 2.45) is 23.7 Å². The average molecular weight is 425 g/mol. The number of ether oxygens (including phenoxy) is 1. The van der Waals surface area contributed by atoms with Crippen molar-refractivity contribution in [1.29, 1.82) is 0 Å². The number of benzene rings is 1. The van der Waals surface area contributed by atoms with Gasteiger partial charge in [-0.15, -0.1) is 0 Å². The van der Waals surface area contributed by atoms with Gasteiger partial charge in [0.25, 0.3) is 0 Å². The van der Waals surface area contributed by atoms with Crippen molar-refractivity contribution >= 4 is 0 Å². The van der Waals surface area contributed by atoms with Gasteiger partial charge in [-0.1, -0.05) is 58.3 Å². The van der Waals surface area contributed by atoms with Gasteiger partial charge in [-0.2, -0.15) is 4.39 Å². The average Bonchev–Trinajstić information content (AvgIpc) is 2.78. The van der Waals surface area contributed by atoms with Crippen molar-refractivity contribution in [3.8, 4) is 5.75 Å². The first kappa shape index (κ1) is 23.5. The van der Waals surface area contributed by atoms with E-state index in [4.69, 9.17) is 4.74 Å². The van der Waals surface area contributed by atoms with Crippen LogP contribution in [0.2, 0.25) is 0 Å². The van der Waals surface area contributed by atoms with E-state index in [1.165, 1.54) is 83.1 Å². The molecule has 0 bridgehead atoms. The molecular weight excluding hydrogens is 385 g/mol. The van der Waals surface area contributed by atoms with Crippen molar-refractivity contribution in [2.45, 2.75) is 96.8 Å². The predicted octanol–water partition coefficient (Wildman–Crippen LogP) is 8.46. The van der Waals surface area contributed by atoms with Crippen LogP contribution < -0.4 is 4.74 Å². The van der Waals surface area contributed by atoms with E-state index >= 15 is 0 Å². The molecule has 0 aromatic heterocycles. The number of hydrogen-bond acceptors (Lipinski definition) is 1. The van der Waals surface area contributed by atoms with E-state index in [2.05, 4.69) is 6.92 Å². The lowest BCUT2D eigenvalue weighted by molar-refractivity contribution is 0.120. The van der Waals surface area contributed by atoms with E-state index in [-0.39, 0.29) is 5.75 Å². The van der Waals surface area contributed by atoms with E-state index in [0.29, 0.717) is 12.5 Å². The summed E-state index contributed by atoms with van der Waals surface area (Å²) >= 11 is 0. The van der Waals surface area contributed by atoms with Crippen LogP contribution in [-0.4, -0.2) is 6.61 Å². The van der Waals surface area contributed by atoms with Gasteiger partial charge in [0, 0.05) is 0 Å². The summed E-state index contributed by atoms with van der Waals surface area (Å²) in [4.78, 5) is 0. The fourth-order valence-electron chi connectivity index (χ4n) is 5.64. The third-order valence-corrected chi connectivity index (χ3v) is 7.64. The van der Waals surface area contributed by atoms with Crippen molar-refractivity contribution < 1.29 is 17.9 Å². The zero-order chi connectivity index (χ0) is 21.3. The molecule has 2 aliphatic carbocycles. The lowest BCUT2D eigenvalue weighted by Crippen LogP contribution is -2.27. The second-order valence-corrected chi connectivity index (χ2v) is 9.75. The van der Waals surface area contributed by atoms with Crippen LogP contribution in [0.5, 0.6) is 5.75 Å². The van der Waals surface area contributed by atoms with Crippen LogP contribution in [0, 0.1) is 41.1 Å². The summed E-state index contributed by atoms with van der Waals surface area (Å²) in [5.74, 6) is -0.973. The zero-order valence-electron chi connectivity index (χ0n) is 18.6. The third-order valence-electron chi connectivity index (χ3n) is 7.64. The van der Waals surface area contributed by atoms with Gasteiger partial charge in [0.15, 0.2) is 17.4 Å². The fourth-order valence-corrected chi connectivity index (χ4v) is 5.64. The maximum Gasteiger partial charge on any atom is 0.203 e. The molecule has 170 valence electrons. The zero-order valence-corrected chi connectivity index (χ0v) is 18.6. The quantitative estimate of drug-likeness (QED) is 0.270. The van der Waals surface area contributed by atoms with E-state index < -0.39 is 17.5 Å². The third kappa shape index (κ3) is 6.65. The summed E-state index contributed by atoms with van der Waals surface area (Å²) in [7, 11) is 0. The number of rotatable bonds is 10. The summed E-state index contributed by atoms with van der Waals surface area (Å²) in [6.07, 6.45) is 18.6. The molecule has 2 aliphatic rings. The Bertz CT molecular complexity index is 631. The molecule has 0 saturated heterocycles. The minimum Gasteiger partial charge on any atom is -0.490 e. The molecule has 30 heavy (non-hydrogen) atoms. The molecule has 1 nitrogen and oxygen atoms in total. The summed E-state index contributed by atoms with van der Waals surface area (Å²) in [5, 5.41) is 0. The smallest absolute Gasteiger partial charge is 0.203 e. The van der Waals surface area contributed by atoms with E-state index in [1.54, 1.807) is 0 Å². The minimum atomic E-state index is -1.45. The predicted molar refractivity (Wildman–Crippen MR) is 116 cm³/mol. The monoisotopic (exact) mass is 424 g/mol. The van der Waals surface area contributed by atoms with Crippen molar-refractivity contribution in [3.63, 3.8) is 0 Å².